The van der Waals surface area contributed by atoms with E-state index in [1.165, 1.54) is 19.3 Å². The Bertz CT molecular complexity index is 831. The summed E-state index contributed by atoms with van der Waals surface area (Å²) in [6.07, 6.45) is 4.35. The van der Waals surface area contributed by atoms with Gasteiger partial charge < -0.3 is 10.2 Å². The van der Waals surface area contributed by atoms with Crippen molar-refractivity contribution < 1.29 is 9.59 Å². The number of hydrogen-bond acceptors (Lipinski definition) is 3. The molecule has 2 aromatic rings. The number of likely N-dealkylation sites (tertiary alicyclic amines) is 1. The standard InChI is InChI=1S/C23H27N3O2/c27-22(24-13-16-25-14-7-2-8-15-25)21-17-19-11-5-6-12-20(19)26(21)23(28)18-9-3-1-4-10-18/h1,3-6,9-12,21H,2,7-8,13-17H2,(H,24,27)/t21-/m0/s1. The fourth-order valence-corrected chi connectivity index (χ4v) is 4.20. The molecule has 2 amide bonds. The zero-order valence-electron chi connectivity index (χ0n) is 16.1. The van der Waals surface area contributed by atoms with Crippen LogP contribution in [0.5, 0.6) is 0 Å². The van der Waals surface area contributed by atoms with Crippen molar-refractivity contribution in [2.75, 3.05) is 31.1 Å². The normalized spacial score (nSPS) is 19.3. The Morgan fingerprint density at radius 3 is 2.43 bits per heavy atom. The lowest BCUT2D eigenvalue weighted by Crippen LogP contribution is -2.49. The van der Waals surface area contributed by atoms with E-state index in [4.69, 9.17) is 0 Å². The van der Waals surface area contributed by atoms with Crippen LogP contribution in [0.1, 0.15) is 35.2 Å². The fraction of sp³-hybridized carbons (Fsp3) is 0.391. The maximum atomic E-state index is 13.2. The molecule has 1 fully saturated rings. The molecule has 0 radical (unpaired) electrons. The smallest absolute Gasteiger partial charge is 0.259 e. The number of hydrogen-bond donors (Lipinski definition) is 1. The summed E-state index contributed by atoms with van der Waals surface area (Å²) in [5.74, 6) is -0.195. The number of fused-ring (bicyclic) bond motifs is 1. The van der Waals surface area contributed by atoms with Crippen molar-refractivity contribution in [2.45, 2.75) is 31.7 Å². The average Bonchev–Trinajstić information content (AvgIpc) is 3.14. The fourth-order valence-electron chi connectivity index (χ4n) is 4.20. The van der Waals surface area contributed by atoms with E-state index in [-0.39, 0.29) is 11.8 Å². The SMILES string of the molecule is O=C(NCCN1CCCCC1)[C@@H]1Cc2ccccc2N1C(=O)c1ccccc1. The van der Waals surface area contributed by atoms with Gasteiger partial charge in [0.1, 0.15) is 6.04 Å². The van der Waals surface area contributed by atoms with Crippen molar-refractivity contribution >= 4 is 17.5 Å². The largest absolute Gasteiger partial charge is 0.353 e. The molecular weight excluding hydrogens is 350 g/mol. The number of anilines is 1. The number of nitrogens with one attached hydrogen (secondary N) is 1. The van der Waals surface area contributed by atoms with Gasteiger partial charge in [-0.1, -0.05) is 42.8 Å². The number of nitrogens with zero attached hydrogens (tertiary/aromatic N) is 2. The van der Waals surface area contributed by atoms with E-state index < -0.39 is 6.04 Å². The molecule has 28 heavy (non-hydrogen) atoms. The van der Waals surface area contributed by atoms with Crippen LogP contribution < -0.4 is 10.2 Å². The second kappa shape index (κ2) is 8.57. The van der Waals surface area contributed by atoms with Crippen LogP contribution in [0.25, 0.3) is 0 Å². The van der Waals surface area contributed by atoms with Gasteiger partial charge in [-0.3, -0.25) is 14.5 Å². The van der Waals surface area contributed by atoms with Gasteiger partial charge >= 0.3 is 0 Å². The Morgan fingerprint density at radius 1 is 0.929 bits per heavy atom. The summed E-state index contributed by atoms with van der Waals surface area (Å²) < 4.78 is 0. The highest BCUT2D eigenvalue weighted by Gasteiger charge is 2.38. The summed E-state index contributed by atoms with van der Waals surface area (Å²) in [6, 6.07) is 16.5. The summed E-state index contributed by atoms with van der Waals surface area (Å²) in [4.78, 5) is 30.2. The lowest BCUT2D eigenvalue weighted by Gasteiger charge is -2.28. The van der Waals surface area contributed by atoms with Crippen molar-refractivity contribution in [1.82, 2.24) is 10.2 Å². The number of carbonyl (C=O) groups excluding carboxylic acids is 2. The molecule has 0 spiro atoms. The highest BCUT2D eigenvalue weighted by molar-refractivity contribution is 6.11. The third kappa shape index (κ3) is 3.94. The molecule has 146 valence electrons. The van der Waals surface area contributed by atoms with Crippen molar-refractivity contribution in [3.63, 3.8) is 0 Å². The third-order valence-electron chi connectivity index (χ3n) is 5.69. The number of carbonyl (C=O) groups is 2. The summed E-state index contributed by atoms with van der Waals surface area (Å²) in [6.45, 7) is 3.73. The minimum absolute atomic E-state index is 0.0718. The van der Waals surface area contributed by atoms with E-state index in [1.807, 2.05) is 42.5 Å². The zero-order valence-corrected chi connectivity index (χ0v) is 16.1. The maximum absolute atomic E-state index is 13.2. The van der Waals surface area contributed by atoms with Gasteiger partial charge in [0.2, 0.25) is 5.91 Å². The molecule has 0 bridgehead atoms. The second-order valence-electron chi connectivity index (χ2n) is 7.58. The second-order valence-corrected chi connectivity index (χ2v) is 7.58. The first-order valence-corrected chi connectivity index (χ1v) is 10.2. The first kappa shape index (κ1) is 18.7. The maximum Gasteiger partial charge on any atom is 0.259 e. The van der Waals surface area contributed by atoms with Crippen LogP contribution >= 0.6 is 0 Å². The molecule has 1 saturated heterocycles. The van der Waals surface area contributed by atoms with Crippen LogP contribution in [-0.4, -0.2) is 48.9 Å². The van der Waals surface area contributed by atoms with Gasteiger partial charge in [0, 0.05) is 30.8 Å². The predicted octanol–water partition coefficient (Wildman–Crippen LogP) is 2.86. The van der Waals surface area contributed by atoms with Gasteiger partial charge in [0.25, 0.3) is 5.91 Å². The molecule has 2 aliphatic rings. The molecule has 2 heterocycles. The van der Waals surface area contributed by atoms with Gasteiger partial charge in [0.15, 0.2) is 0 Å². The molecule has 2 aromatic carbocycles. The van der Waals surface area contributed by atoms with Gasteiger partial charge in [0.05, 0.1) is 0 Å². The topological polar surface area (TPSA) is 52.7 Å². The first-order valence-electron chi connectivity index (χ1n) is 10.2. The lowest BCUT2D eigenvalue weighted by molar-refractivity contribution is -0.122. The number of amides is 2. The molecule has 2 aliphatic heterocycles. The van der Waals surface area contributed by atoms with Gasteiger partial charge in [-0.15, -0.1) is 0 Å². The number of para-hydroxylation sites is 1. The molecular formula is C23H27N3O2. The zero-order chi connectivity index (χ0) is 19.3. The summed E-state index contributed by atoms with van der Waals surface area (Å²) >= 11 is 0. The molecule has 5 nitrogen and oxygen atoms in total. The van der Waals surface area contributed by atoms with Crippen LogP contribution in [0.15, 0.2) is 54.6 Å². The third-order valence-corrected chi connectivity index (χ3v) is 5.69. The minimum atomic E-state index is -0.494. The van der Waals surface area contributed by atoms with E-state index in [9.17, 15) is 9.59 Å². The molecule has 4 rings (SSSR count). The Hall–Kier alpha value is -2.66. The van der Waals surface area contributed by atoms with E-state index in [0.717, 1.165) is 30.9 Å². The summed E-state index contributed by atoms with van der Waals surface area (Å²) in [5.41, 5.74) is 2.49. The Labute approximate surface area is 166 Å². The van der Waals surface area contributed by atoms with Gasteiger partial charge in [-0.2, -0.15) is 0 Å². The molecule has 0 aliphatic carbocycles. The number of benzene rings is 2. The van der Waals surface area contributed by atoms with Crippen molar-refractivity contribution in [1.29, 1.82) is 0 Å². The van der Waals surface area contributed by atoms with Crippen molar-refractivity contribution in [2.24, 2.45) is 0 Å². The van der Waals surface area contributed by atoms with E-state index >= 15 is 0 Å². The van der Waals surface area contributed by atoms with Crippen LogP contribution in [-0.2, 0) is 11.2 Å². The minimum Gasteiger partial charge on any atom is -0.353 e. The molecule has 5 heteroatoms. The lowest BCUT2D eigenvalue weighted by atomic mass is 10.1. The quantitative estimate of drug-likeness (QED) is 0.872. The molecule has 0 aromatic heterocycles. The van der Waals surface area contributed by atoms with Crippen LogP contribution in [0.4, 0.5) is 5.69 Å². The molecule has 0 saturated carbocycles. The molecule has 1 atom stereocenters. The predicted molar refractivity (Wildman–Crippen MR) is 110 cm³/mol. The van der Waals surface area contributed by atoms with Crippen LogP contribution in [0.3, 0.4) is 0 Å². The van der Waals surface area contributed by atoms with E-state index in [2.05, 4.69) is 10.2 Å². The van der Waals surface area contributed by atoms with Crippen molar-refractivity contribution in [3.05, 3.63) is 65.7 Å². The van der Waals surface area contributed by atoms with Crippen LogP contribution in [0.2, 0.25) is 0 Å². The van der Waals surface area contributed by atoms with E-state index in [0.29, 0.717) is 18.5 Å². The Kier molecular flexibility index (Phi) is 5.72. The Morgan fingerprint density at radius 2 is 1.64 bits per heavy atom. The number of piperidine rings is 1. The summed E-state index contributed by atoms with van der Waals surface area (Å²) in [5, 5.41) is 3.07. The average molecular weight is 377 g/mol. The first-order chi connectivity index (χ1) is 13.7. The van der Waals surface area contributed by atoms with E-state index in [1.54, 1.807) is 17.0 Å². The Balaban J connectivity index is 1.47. The summed E-state index contributed by atoms with van der Waals surface area (Å²) in [7, 11) is 0. The molecule has 1 N–H and O–H groups in total. The van der Waals surface area contributed by atoms with Gasteiger partial charge in [-0.25, -0.2) is 0 Å². The highest BCUT2D eigenvalue weighted by atomic mass is 16.2. The highest BCUT2D eigenvalue weighted by Crippen LogP contribution is 2.33. The monoisotopic (exact) mass is 377 g/mol. The van der Waals surface area contributed by atoms with Gasteiger partial charge in [-0.05, 0) is 49.7 Å². The molecule has 0 unspecified atom stereocenters. The van der Waals surface area contributed by atoms with Crippen molar-refractivity contribution in [3.8, 4) is 0 Å². The van der Waals surface area contributed by atoms with Crippen LogP contribution in [0, 0.1) is 0 Å². The number of rotatable bonds is 5.